The van der Waals surface area contributed by atoms with Crippen LogP contribution in [0.25, 0.3) is 0 Å². The van der Waals surface area contributed by atoms with E-state index in [-0.39, 0.29) is 0 Å². The zero-order valence-corrected chi connectivity index (χ0v) is 8.62. The molecule has 0 spiro atoms. The number of rotatable bonds is 3. The number of hydrogen-bond acceptors (Lipinski definition) is 1. The molecular formula is C11H15N3. The number of aromatic amines is 1. The molecule has 0 bridgehead atoms. The standard InChI is InChI=1S/C11H15N3/c1-9-3-4-10(2)14(9)8-5-11-12-6-7-13-11/h3-4,6-7H,5,8H2,1-2H3,(H,12,13). The first kappa shape index (κ1) is 9.06. The van der Waals surface area contributed by atoms with E-state index in [2.05, 4.69) is 40.5 Å². The van der Waals surface area contributed by atoms with Gasteiger partial charge in [0.2, 0.25) is 0 Å². The summed E-state index contributed by atoms with van der Waals surface area (Å²) >= 11 is 0. The first-order valence-corrected chi connectivity index (χ1v) is 4.88. The van der Waals surface area contributed by atoms with Crippen molar-refractivity contribution in [1.82, 2.24) is 14.5 Å². The summed E-state index contributed by atoms with van der Waals surface area (Å²) in [5.41, 5.74) is 2.63. The van der Waals surface area contributed by atoms with Crippen LogP contribution in [0.2, 0.25) is 0 Å². The molecule has 0 fully saturated rings. The fourth-order valence-electron chi connectivity index (χ4n) is 1.70. The van der Waals surface area contributed by atoms with Gasteiger partial charge in [-0.1, -0.05) is 0 Å². The predicted molar refractivity (Wildman–Crippen MR) is 56.2 cm³/mol. The van der Waals surface area contributed by atoms with Gasteiger partial charge in [-0.05, 0) is 26.0 Å². The Kier molecular flexibility index (Phi) is 2.39. The van der Waals surface area contributed by atoms with Crippen molar-refractivity contribution in [1.29, 1.82) is 0 Å². The Morgan fingerprint density at radius 3 is 2.57 bits per heavy atom. The molecular weight excluding hydrogens is 174 g/mol. The second kappa shape index (κ2) is 3.70. The first-order chi connectivity index (χ1) is 6.77. The molecule has 2 heterocycles. The van der Waals surface area contributed by atoms with Crippen molar-refractivity contribution in [2.24, 2.45) is 0 Å². The lowest BCUT2D eigenvalue weighted by Gasteiger charge is -2.07. The average molecular weight is 189 g/mol. The summed E-state index contributed by atoms with van der Waals surface area (Å²) < 4.78 is 2.31. The Hall–Kier alpha value is -1.51. The molecule has 0 radical (unpaired) electrons. The maximum atomic E-state index is 4.21. The monoisotopic (exact) mass is 189 g/mol. The van der Waals surface area contributed by atoms with E-state index in [9.17, 15) is 0 Å². The number of aromatic nitrogens is 3. The molecule has 0 unspecified atom stereocenters. The molecule has 0 saturated carbocycles. The van der Waals surface area contributed by atoms with Crippen LogP contribution >= 0.6 is 0 Å². The SMILES string of the molecule is Cc1ccc(C)n1CCc1ncc[nH]1. The van der Waals surface area contributed by atoms with E-state index in [4.69, 9.17) is 0 Å². The number of nitrogens with zero attached hydrogens (tertiary/aromatic N) is 2. The van der Waals surface area contributed by atoms with Gasteiger partial charge < -0.3 is 9.55 Å². The van der Waals surface area contributed by atoms with Crippen LogP contribution in [0.1, 0.15) is 17.2 Å². The van der Waals surface area contributed by atoms with Crippen LogP contribution in [0.5, 0.6) is 0 Å². The highest BCUT2D eigenvalue weighted by Crippen LogP contribution is 2.07. The Morgan fingerprint density at radius 1 is 1.29 bits per heavy atom. The smallest absolute Gasteiger partial charge is 0.107 e. The Balaban J connectivity index is 2.05. The van der Waals surface area contributed by atoms with E-state index in [1.54, 1.807) is 6.20 Å². The average Bonchev–Trinajstić information content (AvgIpc) is 2.76. The fraction of sp³-hybridized carbons (Fsp3) is 0.364. The minimum absolute atomic E-state index is 0.962. The Labute approximate surface area is 83.8 Å². The topological polar surface area (TPSA) is 33.6 Å². The highest BCUT2D eigenvalue weighted by molar-refractivity contribution is 5.13. The van der Waals surface area contributed by atoms with Crippen LogP contribution in [-0.4, -0.2) is 14.5 Å². The normalized spacial score (nSPS) is 10.7. The van der Waals surface area contributed by atoms with Crippen LogP contribution in [0, 0.1) is 13.8 Å². The van der Waals surface area contributed by atoms with Crippen molar-refractivity contribution in [2.75, 3.05) is 0 Å². The summed E-state index contributed by atoms with van der Waals surface area (Å²) in [5.74, 6) is 1.05. The third-order valence-electron chi connectivity index (χ3n) is 2.54. The lowest BCUT2D eigenvalue weighted by atomic mass is 10.4. The van der Waals surface area contributed by atoms with Gasteiger partial charge in [-0.25, -0.2) is 4.98 Å². The van der Waals surface area contributed by atoms with Crippen LogP contribution in [-0.2, 0) is 13.0 Å². The van der Waals surface area contributed by atoms with E-state index in [1.807, 2.05) is 6.20 Å². The summed E-state index contributed by atoms with van der Waals surface area (Å²) in [7, 11) is 0. The predicted octanol–water partition coefficient (Wildman–Crippen LogP) is 2.07. The van der Waals surface area contributed by atoms with Crippen molar-refractivity contribution in [3.05, 3.63) is 41.7 Å². The molecule has 14 heavy (non-hydrogen) atoms. The van der Waals surface area contributed by atoms with Crippen molar-refractivity contribution in [2.45, 2.75) is 26.8 Å². The highest BCUT2D eigenvalue weighted by atomic mass is 15.0. The van der Waals surface area contributed by atoms with Gasteiger partial charge in [0.15, 0.2) is 0 Å². The largest absolute Gasteiger partial charge is 0.349 e. The number of nitrogens with one attached hydrogen (secondary N) is 1. The second-order valence-corrected chi connectivity index (χ2v) is 3.55. The molecule has 1 N–H and O–H groups in total. The molecule has 0 saturated heterocycles. The highest BCUT2D eigenvalue weighted by Gasteiger charge is 2.01. The number of aryl methyl sites for hydroxylation is 3. The summed E-state index contributed by atoms with van der Waals surface area (Å²) in [6.07, 6.45) is 4.62. The van der Waals surface area contributed by atoms with E-state index < -0.39 is 0 Å². The summed E-state index contributed by atoms with van der Waals surface area (Å²) in [5, 5.41) is 0. The van der Waals surface area contributed by atoms with Gasteiger partial charge in [-0.3, -0.25) is 0 Å². The van der Waals surface area contributed by atoms with Gasteiger partial charge in [0.1, 0.15) is 5.82 Å². The van der Waals surface area contributed by atoms with Crippen molar-refractivity contribution in [3.8, 4) is 0 Å². The van der Waals surface area contributed by atoms with Crippen LogP contribution in [0.3, 0.4) is 0 Å². The molecule has 2 aromatic rings. The lowest BCUT2D eigenvalue weighted by Crippen LogP contribution is -2.05. The van der Waals surface area contributed by atoms with E-state index in [0.29, 0.717) is 0 Å². The molecule has 0 aromatic carbocycles. The van der Waals surface area contributed by atoms with Gasteiger partial charge in [-0.2, -0.15) is 0 Å². The van der Waals surface area contributed by atoms with Crippen LogP contribution in [0.15, 0.2) is 24.5 Å². The quantitative estimate of drug-likeness (QED) is 0.788. The van der Waals surface area contributed by atoms with Gasteiger partial charge in [0.25, 0.3) is 0 Å². The molecule has 3 heteroatoms. The van der Waals surface area contributed by atoms with E-state index in [0.717, 1.165) is 18.8 Å². The second-order valence-electron chi connectivity index (χ2n) is 3.55. The van der Waals surface area contributed by atoms with E-state index in [1.165, 1.54) is 11.4 Å². The molecule has 0 atom stereocenters. The molecule has 0 amide bonds. The van der Waals surface area contributed by atoms with Crippen molar-refractivity contribution in [3.63, 3.8) is 0 Å². The maximum absolute atomic E-state index is 4.21. The summed E-state index contributed by atoms with van der Waals surface area (Å²) in [6.45, 7) is 5.27. The Morgan fingerprint density at radius 2 is 2.00 bits per heavy atom. The van der Waals surface area contributed by atoms with Gasteiger partial charge >= 0.3 is 0 Å². The molecule has 2 aromatic heterocycles. The first-order valence-electron chi connectivity index (χ1n) is 4.88. The fourth-order valence-corrected chi connectivity index (χ4v) is 1.70. The lowest BCUT2D eigenvalue weighted by molar-refractivity contribution is 0.648. The zero-order chi connectivity index (χ0) is 9.97. The minimum Gasteiger partial charge on any atom is -0.349 e. The molecule has 0 aliphatic carbocycles. The number of H-pyrrole nitrogens is 1. The molecule has 2 rings (SSSR count). The van der Waals surface area contributed by atoms with Gasteiger partial charge in [0, 0.05) is 36.7 Å². The third-order valence-corrected chi connectivity index (χ3v) is 2.54. The van der Waals surface area contributed by atoms with Crippen molar-refractivity contribution >= 4 is 0 Å². The molecule has 3 nitrogen and oxygen atoms in total. The number of hydrogen-bond donors (Lipinski definition) is 1. The van der Waals surface area contributed by atoms with Crippen LogP contribution < -0.4 is 0 Å². The molecule has 0 aliphatic heterocycles. The third kappa shape index (κ3) is 1.71. The molecule has 74 valence electrons. The zero-order valence-electron chi connectivity index (χ0n) is 8.62. The Bertz CT molecular complexity index is 379. The minimum atomic E-state index is 0.962. The van der Waals surface area contributed by atoms with Gasteiger partial charge in [-0.15, -0.1) is 0 Å². The van der Waals surface area contributed by atoms with Crippen molar-refractivity contribution < 1.29 is 0 Å². The summed E-state index contributed by atoms with van der Waals surface area (Å²) in [4.78, 5) is 7.32. The molecule has 0 aliphatic rings. The summed E-state index contributed by atoms with van der Waals surface area (Å²) in [6, 6.07) is 4.30. The number of imidazole rings is 1. The van der Waals surface area contributed by atoms with E-state index >= 15 is 0 Å². The van der Waals surface area contributed by atoms with Crippen LogP contribution in [0.4, 0.5) is 0 Å². The maximum Gasteiger partial charge on any atom is 0.107 e. The van der Waals surface area contributed by atoms with Gasteiger partial charge in [0.05, 0.1) is 0 Å².